The van der Waals surface area contributed by atoms with Crippen LogP contribution in [0.2, 0.25) is 0 Å². The Labute approximate surface area is 157 Å². The topological polar surface area (TPSA) is 96.0 Å². The van der Waals surface area contributed by atoms with Gasteiger partial charge < -0.3 is 15.0 Å². The van der Waals surface area contributed by atoms with Gasteiger partial charge in [-0.2, -0.15) is 0 Å². The molecule has 2 aromatic heterocycles. The van der Waals surface area contributed by atoms with E-state index < -0.39 is 0 Å². The predicted molar refractivity (Wildman–Crippen MR) is 103 cm³/mol. The molecule has 27 heavy (non-hydrogen) atoms. The average Bonchev–Trinajstić information content (AvgIpc) is 3.18. The van der Waals surface area contributed by atoms with Gasteiger partial charge in [-0.05, 0) is 13.0 Å². The number of nitrogens with one attached hydrogen (secondary N) is 2. The Morgan fingerprint density at radius 2 is 2.15 bits per heavy atom. The number of benzene rings is 1. The van der Waals surface area contributed by atoms with E-state index in [9.17, 15) is 4.79 Å². The van der Waals surface area contributed by atoms with Gasteiger partial charge in [-0.1, -0.05) is 18.2 Å². The summed E-state index contributed by atoms with van der Waals surface area (Å²) in [6.07, 6.45) is 1.61. The van der Waals surface area contributed by atoms with Crippen LogP contribution in [0.1, 0.15) is 17.3 Å². The van der Waals surface area contributed by atoms with E-state index in [1.165, 1.54) is 0 Å². The summed E-state index contributed by atoms with van der Waals surface area (Å²) in [7, 11) is 0. The number of morpholine rings is 1. The summed E-state index contributed by atoms with van der Waals surface area (Å²) in [6.45, 7) is 6.71. The molecule has 0 bridgehead atoms. The smallest absolute Gasteiger partial charge is 0.183 e. The molecule has 1 saturated heterocycles. The van der Waals surface area contributed by atoms with E-state index in [0.717, 1.165) is 50.5 Å². The number of rotatable bonds is 6. The second-order valence-electron chi connectivity index (χ2n) is 6.51. The highest BCUT2D eigenvalue weighted by Crippen LogP contribution is 2.23. The molecular weight excluding hydrogens is 344 g/mol. The first-order valence-corrected chi connectivity index (χ1v) is 9.07. The van der Waals surface area contributed by atoms with Gasteiger partial charge in [0.25, 0.3) is 0 Å². The summed E-state index contributed by atoms with van der Waals surface area (Å²) in [6, 6.07) is 7.35. The van der Waals surface area contributed by atoms with E-state index in [2.05, 4.69) is 30.2 Å². The van der Waals surface area contributed by atoms with Crippen LogP contribution in [-0.2, 0) is 4.74 Å². The van der Waals surface area contributed by atoms with E-state index in [1.54, 1.807) is 19.3 Å². The van der Waals surface area contributed by atoms with Crippen molar-refractivity contribution in [2.24, 2.45) is 0 Å². The highest BCUT2D eigenvalue weighted by atomic mass is 16.5. The van der Waals surface area contributed by atoms with Gasteiger partial charge in [0, 0.05) is 37.3 Å². The maximum atomic E-state index is 11.7. The molecule has 0 aliphatic carbocycles. The Balaban J connectivity index is 1.58. The van der Waals surface area contributed by atoms with E-state index in [1.807, 2.05) is 18.2 Å². The summed E-state index contributed by atoms with van der Waals surface area (Å²) in [5.74, 6) is 1.28. The quantitative estimate of drug-likeness (QED) is 0.644. The molecule has 0 saturated carbocycles. The van der Waals surface area contributed by atoms with Gasteiger partial charge >= 0.3 is 0 Å². The Bertz CT molecular complexity index is 948. The molecule has 0 amide bonds. The SMILES string of the molecule is CC(=O)c1cccc(-c2nc(NCCN3CCOCC3)c3[nH]cnc3n2)c1. The van der Waals surface area contributed by atoms with Crippen molar-refractivity contribution in [2.75, 3.05) is 44.7 Å². The first-order chi connectivity index (χ1) is 13.2. The maximum Gasteiger partial charge on any atom is 0.183 e. The largest absolute Gasteiger partial charge is 0.379 e. The van der Waals surface area contributed by atoms with E-state index in [0.29, 0.717) is 22.9 Å². The molecule has 3 aromatic rings. The monoisotopic (exact) mass is 366 g/mol. The van der Waals surface area contributed by atoms with Crippen LogP contribution in [0.25, 0.3) is 22.6 Å². The minimum absolute atomic E-state index is 0.0153. The third-order valence-electron chi connectivity index (χ3n) is 4.64. The summed E-state index contributed by atoms with van der Waals surface area (Å²) in [5.41, 5.74) is 2.81. The van der Waals surface area contributed by atoms with Gasteiger partial charge in [0.1, 0.15) is 5.52 Å². The van der Waals surface area contributed by atoms with Crippen LogP contribution in [-0.4, -0.2) is 70.0 Å². The molecule has 1 aromatic carbocycles. The van der Waals surface area contributed by atoms with Gasteiger partial charge in [0.15, 0.2) is 23.1 Å². The number of H-pyrrole nitrogens is 1. The number of Topliss-reactive ketones (excluding diaryl/α,β-unsaturated/α-hetero) is 1. The van der Waals surface area contributed by atoms with Gasteiger partial charge in [-0.3, -0.25) is 9.69 Å². The van der Waals surface area contributed by atoms with Gasteiger partial charge in [-0.25, -0.2) is 15.0 Å². The van der Waals surface area contributed by atoms with Crippen molar-refractivity contribution in [3.8, 4) is 11.4 Å². The minimum atomic E-state index is 0.0153. The zero-order chi connectivity index (χ0) is 18.6. The number of imidazole rings is 1. The fourth-order valence-corrected chi connectivity index (χ4v) is 3.12. The number of anilines is 1. The zero-order valence-corrected chi connectivity index (χ0v) is 15.2. The lowest BCUT2D eigenvalue weighted by molar-refractivity contribution is 0.0398. The van der Waals surface area contributed by atoms with E-state index in [4.69, 9.17) is 4.74 Å². The second kappa shape index (κ2) is 7.81. The number of ether oxygens (including phenoxy) is 1. The highest BCUT2D eigenvalue weighted by Gasteiger charge is 2.14. The van der Waals surface area contributed by atoms with Crippen LogP contribution in [0.3, 0.4) is 0 Å². The molecule has 1 aliphatic heterocycles. The van der Waals surface area contributed by atoms with Crippen LogP contribution >= 0.6 is 0 Å². The van der Waals surface area contributed by atoms with Gasteiger partial charge in [-0.15, -0.1) is 0 Å². The fraction of sp³-hybridized carbons (Fsp3) is 0.368. The Hall–Kier alpha value is -2.84. The molecule has 0 spiro atoms. The summed E-state index contributed by atoms with van der Waals surface area (Å²) in [5, 5.41) is 3.40. The number of hydrogen-bond acceptors (Lipinski definition) is 7. The molecule has 0 atom stereocenters. The molecule has 3 heterocycles. The van der Waals surface area contributed by atoms with Gasteiger partial charge in [0.05, 0.1) is 19.5 Å². The van der Waals surface area contributed by atoms with Crippen molar-refractivity contribution in [2.45, 2.75) is 6.92 Å². The second-order valence-corrected chi connectivity index (χ2v) is 6.51. The lowest BCUT2D eigenvalue weighted by Crippen LogP contribution is -2.39. The molecule has 1 fully saturated rings. The van der Waals surface area contributed by atoms with Gasteiger partial charge in [0.2, 0.25) is 0 Å². The summed E-state index contributed by atoms with van der Waals surface area (Å²) >= 11 is 0. The van der Waals surface area contributed by atoms with Crippen LogP contribution in [0.5, 0.6) is 0 Å². The van der Waals surface area contributed by atoms with Crippen molar-refractivity contribution in [3.63, 3.8) is 0 Å². The molecular formula is C19H22N6O2. The molecule has 1 aliphatic rings. The number of ketones is 1. The van der Waals surface area contributed by atoms with Crippen molar-refractivity contribution in [3.05, 3.63) is 36.2 Å². The van der Waals surface area contributed by atoms with E-state index in [-0.39, 0.29) is 5.78 Å². The standard InChI is InChI=1S/C19H22N6O2/c1-13(26)14-3-2-4-15(11-14)17-23-18(16-19(24-17)22-12-21-16)20-5-6-25-7-9-27-10-8-25/h2-4,11-12H,5-10H2,1H3,(H2,20,21,22,23,24). The normalized spacial score (nSPS) is 15.1. The van der Waals surface area contributed by atoms with Crippen LogP contribution in [0, 0.1) is 0 Å². The number of hydrogen-bond donors (Lipinski definition) is 2. The van der Waals surface area contributed by atoms with Crippen LogP contribution in [0.4, 0.5) is 5.82 Å². The average molecular weight is 366 g/mol. The molecule has 0 radical (unpaired) electrons. The number of carbonyl (C=O) groups is 1. The van der Waals surface area contributed by atoms with E-state index >= 15 is 0 Å². The molecule has 4 rings (SSSR count). The number of fused-ring (bicyclic) bond motifs is 1. The molecule has 8 heteroatoms. The maximum absolute atomic E-state index is 11.7. The first-order valence-electron chi connectivity index (χ1n) is 9.07. The molecule has 8 nitrogen and oxygen atoms in total. The number of aromatic amines is 1. The predicted octanol–water partition coefficient (Wildman–Crippen LogP) is 1.97. The fourth-order valence-electron chi connectivity index (χ4n) is 3.12. The summed E-state index contributed by atoms with van der Waals surface area (Å²) < 4.78 is 5.38. The van der Waals surface area contributed by atoms with Crippen molar-refractivity contribution in [1.29, 1.82) is 0 Å². The Morgan fingerprint density at radius 1 is 1.30 bits per heavy atom. The lowest BCUT2D eigenvalue weighted by atomic mass is 10.1. The van der Waals surface area contributed by atoms with Crippen molar-refractivity contribution < 1.29 is 9.53 Å². The Kier molecular flexibility index (Phi) is 5.08. The Morgan fingerprint density at radius 3 is 2.96 bits per heavy atom. The molecule has 0 unspecified atom stereocenters. The summed E-state index contributed by atoms with van der Waals surface area (Å²) in [4.78, 5) is 30.6. The van der Waals surface area contributed by atoms with Crippen LogP contribution < -0.4 is 5.32 Å². The number of carbonyl (C=O) groups excluding carboxylic acids is 1. The minimum Gasteiger partial charge on any atom is -0.379 e. The third kappa shape index (κ3) is 3.96. The van der Waals surface area contributed by atoms with Crippen molar-refractivity contribution >= 4 is 22.8 Å². The number of nitrogens with zero attached hydrogens (tertiary/aromatic N) is 4. The molecule has 2 N–H and O–H groups in total. The van der Waals surface area contributed by atoms with Crippen LogP contribution in [0.15, 0.2) is 30.6 Å². The van der Waals surface area contributed by atoms with Crippen molar-refractivity contribution in [1.82, 2.24) is 24.8 Å². The molecule has 140 valence electrons. The number of aromatic nitrogens is 4. The zero-order valence-electron chi connectivity index (χ0n) is 15.2. The highest BCUT2D eigenvalue weighted by molar-refractivity contribution is 5.95. The lowest BCUT2D eigenvalue weighted by Gasteiger charge is -2.26. The third-order valence-corrected chi connectivity index (χ3v) is 4.64. The first kappa shape index (κ1) is 17.6.